The van der Waals surface area contributed by atoms with Crippen LogP contribution in [0, 0.1) is 26.7 Å². The Morgan fingerprint density at radius 2 is 1.68 bits per heavy atom. The summed E-state index contributed by atoms with van der Waals surface area (Å²) < 4.78 is 30.2. The van der Waals surface area contributed by atoms with Gasteiger partial charge in [-0.15, -0.1) is 0 Å². The van der Waals surface area contributed by atoms with Gasteiger partial charge in [-0.3, -0.25) is 4.79 Å². The van der Waals surface area contributed by atoms with Crippen molar-refractivity contribution in [1.29, 1.82) is 0 Å². The third-order valence-corrected chi connectivity index (χ3v) is 8.77. The zero-order valence-corrected chi connectivity index (χ0v) is 21.0. The summed E-state index contributed by atoms with van der Waals surface area (Å²) in [4.78, 5) is 18.1. The van der Waals surface area contributed by atoms with Crippen molar-refractivity contribution in [2.75, 3.05) is 13.1 Å². The number of hydrogen-bond acceptors (Lipinski definition) is 4. The van der Waals surface area contributed by atoms with E-state index in [0.717, 1.165) is 28.1 Å². The van der Waals surface area contributed by atoms with Crippen LogP contribution in [-0.4, -0.2) is 41.3 Å². The van der Waals surface area contributed by atoms with Gasteiger partial charge < -0.3 is 9.88 Å². The van der Waals surface area contributed by atoms with Gasteiger partial charge in [-0.2, -0.15) is 4.31 Å². The standard InChI is InChI=1S/C26H32N4O3S/c1-18-16-19(2)24(20(3)17-18)34(32,33)30-13-10-22(11-14-30)26(31)28-23(21-8-6-5-7-9-21)25-27-12-15-29(25)4/h5-9,12,15-17,22-23H,10-11,13-14H2,1-4H3,(H,28,31)/t23-/m0/s1. The Bertz CT molecular complexity index is 1250. The van der Waals surface area contributed by atoms with Gasteiger partial charge in [0.25, 0.3) is 0 Å². The summed E-state index contributed by atoms with van der Waals surface area (Å²) in [5.41, 5.74) is 3.52. The molecule has 8 heteroatoms. The second-order valence-electron chi connectivity index (χ2n) is 9.15. The van der Waals surface area contributed by atoms with Crippen LogP contribution in [0.1, 0.15) is 47.0 Å². The monoisotopic (exact) mass is 480 g/mol. The molecule has 0 unspecified atom stereocenters. The molecule has 2 aromatic carbocycles. The first-order valence-electron chi connectivity index (χ1n) is 11.6. The molecule has 180 valence electrons. The first kappa shape index (κ1) is 24.2. The molecule has 0 aliphatic carbocycles. The molecule has 3 aromatic rings. The molecule has 0 spiro atoms. The van der Waals surface area contributed by atoms with Crippen LogP contribution in [0.2, 0.25) is 0 Å². The van der Waals surface area contributed by atoms with E-state index in [2.05, 4.69) is 10.3 Å². The fourth-order valence-electron chi connectivity index (χ4n) is 4.92. The molecule has 1 atom stereocenters. The molecule has 1 amide bonds. The SMILES string of the molecule is Cc1cc(C)c(S(=O)(=O)N2CCC(C(=O)N[C@@H](c3ccccc3)c3nccn3C)CC2)c(C)c1. The molecule has 1 fully saturated rings. The number of aromatic nitrogens is 2. The second-order valence-corrected chi connectivity index (χ2v) is 11.0. The third-order valence-electron chi connectivity index (χ3n) is 6.56. The minimum absolute atomic E-state index is 0.0726. The number of hydrogen-bond donors (Lipinski definition) is 1. The first-order valence-corrected chi connectivity index (χ1v) is 13.0. The minimum Gasteiger partial charge on any atom is -0.342 e. The molecule has 1 saturated heterocycles. The highest BCUT2D eigenvalue weighted by atomic mass is 32.2. The number of amides is 1. The average Bonchev–Trinajstić information content (AvgIpc) is 3.22. The molecule has 1 N–H and O–H groups in total. The molecule has 0 bridgehead atoms. The summed E-state index contributed by atoms with van der Waals surface area (Å²) in [7, 11) is -1.70. The highest BCUT2D eigenvalue weighted by Gasteiger charge is 2.34. The van der Waals surface area contributed by atoms with Gasteiger partial charge in [-0.25, -0.2) is 13.4 Å². The zero-order valence-electron chi connectivity index (χ0n) is 20.2. The van der Waals surface area contributed by atoms with Crippen LogP contribution >= 0.6 is 0 Å². The summed E-state index contributed by atoms with van der Waals surface area (Å²) in [6.45, 7) is 6.30. The Balaban J connectivity index is 1.48. The quantitative estimate of drug-likeness (QED) is 0.584. The maximum atomic E-state index is 13.4. The van der Waals surface area contributed by atoms with E-state index in [9.17, 15) is 13.2 Å². The Morgan fingerprint density at radius 1 is 1.06 bits per heavy atom. The second kappa shape index (κ2) is 9.72. The maximum Gasteiger partial charge on any atom is 0.243 e. The third kappa shape index (κ3) is 4.79. The summed E-state index contributed by atoms with van der Waals surface area (Å²) in [6.07, 6.45) is 4.54. The van der Waals surface area contributed by atoms with E-state index in [-0.39, 0.29) is 17.9 Å². The molecule has 34 heavy (non-hydrogen) atoms. The molecule has 1 aromatic heterocycles. The normalized spacial score (nSPS) is 16.4. The number of benzene rings is 2. The molecule has 7 nitrogen and oxygen atoms in total. The van der Waals surface area contributed by atoms with Crippen LogP contribution in [0.3, 0.4) is 0 Å². The summed E-state index contributed by atoms with van der Waals surface area (Å²) in [5.74, 6) is 0.430. The summed E-state index contributed by atoms with van der Waals surface area (Å²) in [5, 5.41) is 3.17. The van der Waals surface area contributed by atoms with Crippen LogP contribution in [-0.2, 0) is 21.9 Å². The molecule has 4 rings (SSSR count). The Morgan fingerprint density at radius 3 is 2.24 bits per heavy atom. The Hall–Kier alpha value is -2.97. The molecule has 1 aliphatic rings. The van der Waals surface area contributed by atoms with Crippen molar-refractivity contribution in [3.05, 3.63) is 82.9 Å². The number of sulfonamides is 1. The number of rotatable bonds is 6. The minimum atomic E-state index is -3.61. The molecular weight excluding hydrogens is 448 g/mol. The predicted molar refractivity (Wildman–Crippen MR) is 132 cm³/mol. The van der Waals surface area contributed by atoms with Gasteiger partial charge in [0, 0.05) is 38.4 Å². The van der Waals surface area contributed by atoms with E-state index >= 15 is 0 Å². The van der Waals surface area contributed by atoms with Crippen molar-refractivity contribution in [2.24, 2.45) is 13.0 Å². The van der Waals surface area contributed by atoms with Gasteiger partial charge in [-0.05, 0) is 50.3 Å². The van der Waals surface area contributed by atoms with Gasteiger partial charge in [0.1, 0.15) is 11.9 Å². The van der Waals surface area contributed by atoms with Gasteiger partial charge in [0.05, 0.1) is 4.90 Å². The van der Waals surface area contributed by atoms with Crippen molar-refractivity contribution in [2.45, 2.75) is 44.6 Å². The lowest BCUT2D eigenvalue weighted by Gasteiger charge is -2.32. The number of imidazole rings is 1. The molecule has 0 radical (unpaired) electrons. The molecule has 2 heterocycles. The van der Waals surface area contributed by atoms with Crippen LogP contribution in [0.25, 0.3) is 0 Å². The Kier molecular flexibility index (Phi) is 6.91. The smallest absolute Gasteiger partial charge is 0.243 e. The van der Waals surface area contributed by atoms with Crippen LogP contribution < -0.4 is 5.32 Å². The highest BCUT2D eigenvalue weighted by molar-refractivity contribution is 7.89. The highest BCUT2D eigenvalue weighted by Crippen LogP contribution is 2.29. The van der Waals surface area contributed by atoms with Crippen molar-refractivity contribution in [3.8, 4) is 0 Å². The lowest BCUT2D eigenvalue weighted by molar-refractivity contribution is -0.126. The fraction of sp³-hybridized carbons (Fsp3) is 0.385. The first-order chi connectivity index (χ1) is 16.2. The lowest BCUT2D eigenvalue weighted by Crippen LogP contribution is -2.44. The van der Waals surface area contributed by atoms with Crippen LogP contribution in [0.15, 0.2) is 59.8 Å². The van der Waals surface area contributed by atoms with E-state index in [4.69, 9.17) is 0 Å². The lowest BCUT2D eigenvalue weighted by atomic mass is 9.96. The number of nitrogens with one attached hydrogen (secondary N) is 1. The number of carbonyl (C=O) groups excluding carboxylic acids is 1. The van der Waals surface area contributed by atoms with Gasteiger partial charge in [-0.1, -0.05) is 48.0 Å². The van der Waals surface area contributed by atoms with Gasteiger partial charge in [0.2, 0.25) is 15.9 Å². The van der Waals surface area contributed by atoms with E-state index in [0.29, 0.717) is 30.8 Å². The zero-order chi connectivity index (χ0) is 24.5. The molecular formula is C26H32N4O3S. The fourth-order valence-corrected chi connectivity index (χ4v) is 6.80. The summed E-state index contributed by atoms with van der Waals surface area (Å²) >= 11 is 0. The van der Waals surface area contributed by atoms with Crippen molar-refractivity contribution in [1.82, 2.24) is 19.2 Å². The van der Waals surface area contributed by atoms with Gasteiger partial charge in [0.15, 0.2) is 0 Å². The average molecular weight is 481 g/mol. The predicted octanol–water partition coefficient (Wildman–Crippen LogP) is 3.65. The van der Waals surface area contributed by atoms with Crippen molar-refractivity contribution < 1.29 is 13.2 Å². The van der Waals surface area contributed by atoms with Crippen LogP contribution in [0.4, 0.5) is 0 Å². The number of piperidine rings is 1. The Labute approximate surface area is 201 Å². The maximum absolute atomic E-state index is 13.4. The van der Waals surface area contributed by atoms with E-state index in [1.165, 1.54) is 4.31 Å². The molecule has 0 saturated carbocycles. The van der Waals surface area contributed by atoms with Crippen molar-refractivity contribution >= 4 is 15.9 Å². The van der Waals surface area contributed by atoms with E-state index < -0.39 is 10.0 Å². The van der Waals surface area contributed by atoms with E-state index in [1.807, 2.05) is 81.0 Å². The van der Waals surface area contributed by atoms with Crippen molar-refractivity contribution in [3.63, 3.8) is 0 Å². The number of carbonyl (C=O) groups is 1. The van der Waals surface area contributed by atoms with E-state index in [1.54, 1.807) is 6.20 Å². The largest absolute Gasteiger partial charge is 0.342 e. The number of aryl methyl sites for hydroxylation is 4. The summed E-state index contributed by atoms with van der Waals surface area (Å²) in [6, 6.07) is 13.2. The number of nitrogens with zero attached hydrogens (tertiary/aromatic N) is 3. The molecule has 1 aliphatic heterocycles. The topological polar surface area (TPSA) is 84.3 Å². The van der Waals surface area contributed by atoms with Crippen LogP contribution in [0.5, 0.6) is 0 Å². The van der Waals surface area contributed by atoms with Gasteiger partial charge >= 0.3 is 0 Å².